The van der Waals surface area contributed by atoms with Gasteiger partial charge in [0.15, 0.2) is 12.6 Å². The summed E-state index contributed by atoms with van der Waals surface area (Å²) in [6.07, 6.45) is 3.27. The number of hydrogen-bond acceptors (Lipinski definition) is 3. The molecular formula is C23H30N3O3+. The van der Waals surface area contributed by atoms with Gasteiger partial charge in [0.1, 0.15) is 5.75 Å². The third-order valence-electron chi connectivity index (χ3n) is 5.35. The number of ether oxygens (including phenoxy) is 1. The first-order valence-corrected chi connectivity index (χ1v) is 10.2. The maximum absolute atomic E-state index is 13.3. The quantitative estimate of drug-likeness (QED) is 0.752. The summed E-state index contributed by atoms with van der Waals surface area (Å²) in [6.45, 7) is 1.80. The minimum atomic E-state index is -0.393. The van der Waals surface area contributed by atoms with Crippen molar-refractivity contribution >= 4 is 17.5 Å². The first-order valence-electron chi connectivity index (χ1n) is 10.2. The van der Waals surface area contributed by atoms with Crippen LogP contribution in [-0.4, -0.2) is 50.5 Å². The molecule has 0 spiro atoms. The number of likely N-dealkylation sites (N-methyl/N-ethyl adjacent to an activating group) is 1. The van der Waals surface area contributed by atoms with Crippen LogP contribution in [0.15, 0.2) is 54.6 Å². The number of carbonyl (C=O) groups is 2. The highest BCUT2D eigenvalue weighted by molar-refractivity contribution is 5.91. The third-order valence-corrected chi connectivity index (χ3v) is 5.35. The van der Waals surface area contributed by atoms with E-state index in [1.165, 1.54) is 6.42 Å². The van der Waals surface area contributed by atoms with Crippen LogP contribution in [0.2, 0.25) is 0 Å². The van der Waals surface area contributed by atoms with Gasteiger partial charge in [-0.1, -0.05) is 30.3 Å². The van der Waals surface area contributed by atoms with Crippen LogP contribution in [0, 0.1) is 0 Å². The average Bonchev–Trinajstić information content (AvgIpc) is 2.75. The minimum Gasteiger partial charge on any atom is -0.497 e. The molecule has 0 aromatic heterocycles. The van der Waals surface area contributed by atoms with Gasteiger partial charge in [0, 0.05) is 24.3 Å². The Morgan fingerprint density at radius 2 is 1.69 bits per heavy atom. The molecule has 1 aliphatic heterocycles. The van der Waals surface area contributed by atoms with E-state index >= 15 is 0 Å². The Morgan fingerprint density at radius 1 is 1.03 bits per heavy atom. The molecule has 2 amide bonds. The van der Waals surface area contributed by atoms with Gasteiger partial charge < -0.3 is 19.9 Å². The van der Waals surface area contributed by atoms with Gasteiger partial charge in [0.05, 0.1) is 14.2 Å². The smallest absolute Gasteiger partial charge is 0.285 e. The molecule has 1 heterocycles. The molecule has 1 fully saturated rings. The minimum absolute atomic E-state index is 0.102. The number of anilines is 1. The van der Waals surface area contributed by atoms with Crippen LogP contribution in [-0.2, 0) is 9.59 Å². The second-order valence-corrected chi connectivity index (χ2v) is 7.53. The van der Waals surface area contributed by atoms with E-state index in [0.29, 0.717) is 5.69 Å². The van der Waals surface area contributed by atoms with Crippen molar-refractivity contribution in [2.45, 2.75) is 25.3 Å². The van der Waals surface area contributed by atoms with Crippen molar-refractivity contribution in [2.75, 3.05) is 39.1 Å². The van der Waals surface area contributed by atoms with Crippen molar-refractivity contribution in [3.8, 4) is 5.75 Å². The number of likely N-dealkylation sites (tertiary alicyclic amines) is 1. The summed E-state index contributed by atoms with van der Waals surface area (Å²) < 4.78 is 5.14. The van der Waals surface area contributed by atoms with Crippen LogP contribution in [0.4, 0.5) is 5.69 Å². The Kier molecular flexibility index (Phi) is 7.25. The van der Waals surface area contributed by atoms with Crippen LogP contribution in [0.1, 0.15) is 30.9 Å². The Balaban J connectivity index is 1.70. The van der Waals surface area contributed by atoms with Gasteiger partial charge in [-0.2, -0.15) is 0 Å². The van der Waals surface area contributed by atoms with E-state index in [1.807, 2.05) is 42.3 Å². The highest BCUT2D eigenvalue weighted by atomic mass is 16.5. The molecule has 1 saturated heterocycles. The average molecular weight is 397 g/mol. The fraction of sp³-hybridized carbons (Fsp3) is 0.391. The van der Waals surface area contributed by atoms with E-state index in [-0.39, 0.29) is 18.4 Å². The maximum Gasteiger partial charge on any atom is 0.285 e. The molecule has 6 nitrogen and oxygen atoms in total. The van der Waals surface area contributed by atoms with E-state index < -0.39 is 6.04 Å². The first-order chi connectivity index (χ1) is 14.1. The molecule has 0 aliphatic carbocycles. The van der Waals surface area contributed by atoms with Gasteiger partial charge in [-0.25, -0.2) is 0 Å². The Bertz CT molecular complexity index is 802. The van der Waals surface area contributed by atoms with Gasteiger partial charge in [-0.3, -0.25) is 9.59 Å². The summed E-state index contributed by atoms with van der Waals surface area (Å²) in [6, 6.07) is 16.6. The number of hydrogen-bond donors (Lipinski definition) is 2. The number of carbonyl (C=O) groups excluding carboxylic acids is 2. The van der Waals surface area contributed by atoms with Crippen molar-refractivity contribution in [1.82, 2.24) is 4.90 Å². The van der Waals surface area contributed by atoms with Crippen molar-refractivity contribution in [3.63, 3.8) is 0 Å². The molecule has 0 radical (unpaired) electrons. The molecule has 154 valence electrons. The Hall–Kier alpha value is -2.86. The fourth-order valence-electron chi connectivity index (χ4n) is 3.82. The normalized spacial score (nSPS) is 16.0. The number of benzene rings is 2. The predicted octanol–water partition coefficient (Wildman–Crippen LogP) is 1.90. The first kappa shape index (κ1) is 20.9. The lowest BCUT2D eigenvalue weighted by Gasteiger charge is -2.32. The summed E-state index contributed by atoms with van der Waals surface area (Å²) in [4.78, 5) is 28.7. The molecule has 6 heteroatoms. The summed E-state index contributed by atoms with van der Waals surface area (Å²) in [7, 11) is 3.52. The zero-order valence-electron chi connectivity index (χ0n) is 17.2. The SMILES string of the molecule is COc1ccc(NC(=O)C[NH+](C)[C@@H](C(=O)N2CCCCC2)c2ccccc2)cc1. The van der Waals surface area contributed by atoms with Crippen LogP contribution in [0.5, 0.6) is 5.75 Å². The number of methoxy groups -OCH3 is 1. The molecule has 0 saturated carbocycles. The third kappa shape index (κ3) is 5.57. The van der Waals surface area contributed by atoms with Gasteiger partial charge in [0.25, 0.3) is 11.8 Å². The summed E-state index contributed by atoms with van der Waals surface area (Å²) in [5, 5.41) is 2.91. The van der Waals surface area contributed by atoms with Crippen LogP contribution in [0.25, 0.3) is 0 Å². The zero-order valence-corrected chi connectivity index (χ0v) is 17.2. The second-order valence-electron chi connectivity index (χ2n) is 7.53. The van der Waals surface area contributed by atoms with E-state index in [1.54, 1.807) is 31.4 Å². The van der Waals surface area contributed by atoms with Crippen molar-refractivity contribution < 1.29 is 19.2 Å². The predicted molar refractivity (Wildman–Crippen MR) is 113 cm³/mol. The number of nitrogens with zero attached hydrogens (tertiary/aromatic N) is 1. The number of quaternary nitrogens is 1. The fourth-order valence-corrected chi connectivity index (χ4v) is 3.82. The largest absolute Gasteiger partial charge is 0.497 e. The number of amides is 2. The van der Waals surface area contributed by atoms with E-state index in [9.17, 15) is 9.59 Å². The molecule has 2 aromatic carbocycles. The highest BCUT2D eigenvalue weighted by Gasteiger charge is 2.34. The Morgan fingerprint density at radius 3 is 2.31 bits per heavy atom. The molecule has 2 atom stereocenters. The second kappa shape index (κ2) is 10.1. The lowest BCUT2D eigenvalue weighted by atomic mass is 10.0. The Labute approximate surface area is 172 Å². The van der Waals surface area contributed by atoms with Crippen molar-refractivity contribution in [2.24, 2.45) is 0 Å². The van der Waals surface area contributed by atoms with E-state index in [4.69, 9.17) is 4.74 Å². The van der Waals surface area contributed by atoms with Crippen LogP contribution < -0.4 is 15.0 Å². The lowest BCUT2D eigenvalue weighted by Crippen LogP contribution is -3.11. The topological polar surface area (TPSA) is 63.1 Å². The van der Waals surface area contributed by atoms with Gasteiger partial charge in [0.2, 0.25) is 0 Å². The summed E-state index contributed by atoms with van der Waals surface area (Å²) in [5.41, 5.74) is 1.65. The number of nitrogens with one attached hydrogen (secondary N) is 2. The summed E-state index contributed by atoms with van der Waals surface area (Å²) >= 11 is 0. The molecule has 1 unspecified atom stereocenters. The van der Waals surface area contributed by atoms with Crippen molar-refractivity contribution in [1.29, 1.82) is 0 Å². The van der Waals surface area contributed by atoms with Crippen LogP contribution >= 0.6 is 0 Å². The molecule has 2 N–H and O–H groups in total. The molecule has 1 aliphatic rings. The van der Waals surface area contributed by atoms with Crippen molar-refractivity contribution in [3.05, 3.63) is 60.2 Å². The lowest BCUT2D eigenvalue weighted by molar-refractivity contribution is -0.894. The van der Waals surface area contributed by atoms with E-state index in [2.05, 4.69) is 5.32 Å². The molecule has 0 bridgehead atoms. The molecule has 29 heavy (non-hydrogen) atoms. The standard InChI is InChI=1S/C23H29N3O3/c1-25(17-21(27)24-19-11-13-20(29-2)14-12-19)22(18-9-5-3-6-10-18)23(28)26-15-7-4-8-16-26/h3,5-6,9-14,22H,4,7-8,15-17H2,1-2H3,(H,24,27)/p+1/t22-/m1/s1. The van der Waals surface area contributed by atoms with Crippen LogP contribution in [0.3, 0.4) is 0 Å². The zero-order chi connectivity index (χ0) is 20.6. The van der Waals surface area contributed by atoms with Gasteiger partial charge in [-0.15, -0.1) is 0 Å². The monoisotopic (exact) mass is 396 g/mol. The maximum atomic E-state index is 13.3. The van der Waals surface area contributed by atoms with E-state index in [0.717, 1.165) is 42.1 Å². The highest BCUT2D eigenvalue weighted by Crippen LogP contribution is 2.17. The molecule has 3 rings (SSSR count). The van der Waals surface area contributed by atoms with Gasteiger partial charge >= 0.3 is 0 Å². The number of rotatable bonds is 7. The van der Waals surface area contributed by atoms with Gasteiger partial charge in [-0.05, 0) is 43.5 Å². The number of piperidine rings is 1. The molecule has 2 aromatic rings. The molecular weight excluding hydrogens is 366 g/mol. The summed E-state index contributed by atoms with van der Waals surface area (Å²) in [5.74, 6) is 0.715.